The molecule has 68 valence electrons. The number of amides is 1. The Morgan fingerprint density at radius 1 is 1.33 bits per heavy atom. The minimum Gasteiger partial charge on any atom is -0.326 e. The number of piperazine rings is 1. The van der Waals surface area contributed by atoms with Crippen LogP contribution in [0.1, 0.15) is 12.8 Å². The van der Waals surface area contributed by atoms with Crippen molar-refractivity contribution in [3.05, 3.63) is 0 Å². The first-order valence-electron chi connectivity index (χ1n) is 4.35. The molecule has 2 saturated heterocycles. The SMILES string of the molecule is CN1C2CCC1CN(C(=O)Cl)C2. The van der Waals surface area contributed by atoms with Crippen LogP contribution in [0.3, 0.4) is 0 Å². The molecule has 0 aromatic carbocycles. The zero-order valence-electron chi connectivity index (χ0n) is 7.16. The Kier molecular flexibility index (Phi) is 2.00. The van der Waals surface area contributed by atoms with E-state index in [1.807, 2.05) is 0 Å². The molecule has 12 heavy (non-hydrogen) atoms. The highest BCUT2D eigenvalue weighted by molar-refractivity contribution is 6.62. The van der Waals surface area contributed by atoms with Crippen molar-refractivity contribution < 1.29 is 4.79 Å². The molecule has 0 N–H and O–H groups in total. The van der Waals surface area contributed by atoms with Crippen molar-refractivity contribution in [3.63, 3.8) is 0 Å². The molecule has 1 amide bonds. The number of fused-ring (bicyclic) bond motifs is 2. The first-order valence-corrected chi connectivity index (χ1v) is 4.72. The predicted octanol–water partition coefficient (Wildman–Crippen LogP) is 1.12. The zero-order valence-corrected chi connectivity index (χ0v) is 7.92. The summed E-state index contributed by atoms with van der Waals surface area (Å²) in [5, 5.41) is -0.292. The van der Waals surface area contributed by atoms with Crippen molar-refractivity contribution in [3.8, 4) is 0 Å². The summed E-state index contributed by atoms with van der Waals surface area (Å²) >= 11 is 5.43. The van der Waals surface area contributed by atoms with Gasteiger partial charge in [-0.05, 0) is 31.5 Å². The van der Waals surface area contributed by atoms with Crippen molar-refractivity contribution >= 4 is 17.0 Å². The maximum absolute atomic E-state index is 10.9. The van der Waals surface area contributed by atoms with Crippen LogP contribution in [-0.4, -0.2) is 47.4 Å². The van der Waals surface area contributed by atoms with Crippen LogP contribution in [0.5, 0.6) is 0 Å². The molecule has 2 bridgehead atoms. The fourth-order valence-electron chi connectivity index (χ4n) is 2.26. The van der Waals surface area contributed by atoms with Crippen LogP contribution >= 0.6 is 11.6 Å². The average Bonchev–Trinajstić information content (AvgIpc) is 2.30. The van der Waals surface area contributed by atoms with E-state index in [1.165, 1.54) is 12.8 Å². The van der Waals surface area contributed by atoms with Gasteiger partial charge in [0, 0.05) is 25.2 Å². The molecule has 0 spiro atoms. The summed E-state index contributed by atoms with van der Waals surface area (Å²) in [6, 6.07) is 1.10. The smallest absolute Gasteiger partial charge is 0.316 e. The van der Waals surface area contributed by atoms with Crippen LogP contribution in [0.4, 0.5) is 4.79 Å². The zero-order chi connectivity index (χ0) is 8.72. The van der Waals surface area contributed by atoms with Gasteiger partial charge in [-0.3, -0.25) is 9.69 Å². The van der Waals surface area contributed by atoms with E-state index in [4.69, 9.17) is 11.6 Å². The number of likely N-dealkylation sites (N-methyl/N-ethyl adjacent to an activating group) is 1. The highest BCUT2D eigenvalue weighted by Gasteiger charge is 2.38. The lowest BCUT2D eigenvalue weighted by Gasteiger charge is -2.37. The number of rotatable bonds is 0. The highest BCUT2D eigenvalue weighted by atomic mass is 35.5. The molecule has 2 rings (SSSR count). The molecule has 0 saturated carbocycles. The van der Waals surface area contributed by atoms with Gasteiger partial charge in [0.15, 0.2) is 0 Å². The molecule has 0 aliphatic carbocycles. The molecular weight excluding hydrogens is 176 g/mol. The van der Waals surface area contributed by atoms with E-state index in [1.54, 1.807) is 4.90 Å². The van der Waals surface area contributed by atoms with Crippen LogP contribution in [0.15, 0.2) is 0 Å². The van der Waals surface area contributed by atoms with Crippen LogP contribution < -0.4 is 0 Å². The largest absolute Gasteiger partial charge is 0.326 e. The fraction of sp³-hybridized carbons (Fsp3) is 0.875. The standard InChI is InChI=1S/C8H13ClN2O/c1-10-6-2-3-7(10)5-11(4-6)8(9)12/h6-7H,2-5H2,1H3. The van der Waals surface area contributed by atoms with E-state index in [2.05, 4.69) is 11.9 Å². The molecular formula is C8H13ClN2O. The summed E-state index contributed by atoms with van der Waals surface area (Å²) in [6.45, 7) is 1.63. The first-order chi connectivity index (χ1) is 5.68. The summed E-state index contributed by atoms with van der Waals surface area (Å²) in [7, 11) is 2.14. The normalized spacial score (nSPS) is 35.7. The van der Waals surface area contributed by atoms with Crippen LogP contribution in [0.2, 0.25) is 0 Å². The number of nitrogens with zero attached hydrogens (tertiary/aromatic N) is 2. The van der Waals surface area contributed by atoms with Crippen molar-refractivity contribution in [1.82, 2.24) is 9.80 Å². The van der Waals surface area contributed by atoms with Gasteiger partial charge in [-0.2, -0.15) is 0 Å². The van der Waals surface area contributed by atoms with Crippen molar-refractivity contribution in [1.29, 1.82) is 0 Å². The fourth-order valence-corrected chi connectivity index (χ4v) is 2.40. The lowest BCUT2D eigenvalue weighted by atomic mass is 10.2. The molecule has 2 atom stereocenters. The average molecular weight is 189 g/mol. The molecule has 0 aromatic rings. The predicted molar refractivity (Wildman–Crippen MR) is 47.4 cm³/mol. The molecule has 2 aliphatic heterocycles. The Morgan fingerprint density at radius 3 is 2.25 bits per heavy atom. The van der Waals surface area contributed by atoms with E-state index in [0.717, 1.165) is 13.1 Å². The quantitative estimate of drug-likeness (QED) is 0.420. The van der Waals surface area contributed by atoms with Gasteiger partial charge in [-0.15, -0.1) is 0 Å². The monoisotopic (exact) mass is 188 g/mol. The number of carbonyl (C=O) groups excluding carboxylic acids is 1. The topological polar surface area (TPSA) is 23.6 Å². The summed E-state index contributed by atoms with van der Waals surface area (Å²) in [5.41, 5.74) is 0. The third-order valence-corrected chi connectivity index (χ3v) is 3.33. The Bertz CT molecular complexity index is 195. The van der Waals surface area contributed by atoms with Gasteiger partial charge in [0.1, 0.15) is 0 Å². The van der Waals surface area contributed by atoms with Crippen molar-refractivity contribution in [2.45, 2.75) is 24.9 Å². The summed E-state index contributed by atoms with van der Waals surface area (Å²) < 4.78 is 0. The Labute approximate surface area is 77.3 Å². The van der Waals surface area contributed by atoms with Crippen LogP contribution in [0.25, 0.3) is 0 Å². The van der Waals surface area contributed by atoms with Gasteiger partial charge >= 0.3 is 5.37 Å². The minimum atomic E-state index is -0.292. The van der Waals surface area contributed by atoms with Gasteiger partial charge < -0.3 is 4.90 Å². The van der Waals surface area contributed by atoms with Gasteiger partial charge in [0.05, 0.1) is 0 Å². The second-order valence-electron chi connectivity index (χ2n) is 3.71. The molecule has 2 unspecified atom stereocenters. The number of hydrogen-bond acceptors (Lipinski definition) is 2. The van der Waals surface area contributed by atoms with Gasteiger partial charge in [-0.1, -0.05) is 0 Å². The van der Waals surface area contributed by atoms with E-state index < -0.39 is 0 Å². The highest BCUT2D eigenvalue weighted by Crippen LogP contribution is 2.28. The third-order valence-electron chi connectivity index (χ3n) is 3.10. The molecule has 2 heterocycles. The Balaban J connectivity index is 2.07. The Morgan fingerprint density at radius 2 is 1.83 bits per heavy atom. The molecule has 2 aliphatic rings. The van der Waals surface area contributed by atoms with Gasteiger partial charge in [0.25, 0.3) is 0 Å². The molecule has 0 radical (unpaired) electrons. The Hall–Kier alpha value is -0.280. The van der Waals surface area contributed by atoms with E-state index >= 15 is 0 Å². The maximum Gasteiger partial charge on any atom is 0.316 e. The summed E-state index contributed by atoms with van der Waals surface area (Å²) in [5.74, 6) is 0. The number of halogens is 1. The van der Waals surface area contributed by atoms with Crippen LogP contribution in [0, 0.1) is 0 Å². The van der Waals surface area contributed by atoms with Crippen LogP contribution in [-0.2, 0) is 0 Å². The minimum absolute atomic E-state index is 0.292. The van der Waals surface area contributed by atoms with E-state index in [0.29, 0.717) is 12.1 Å². The number of hydrogen-bond donors (Lipinski definition) is 0. The van der Waals surface area contributed by atoms with Gasteiger partial charge in [-0.25, -0.2) is 0 Å². The third kappa shape index (κ3) is 1.21. The van der Waals surface area contributed by atoms with Crippen molar-refractivity contribution in [2.24, 2.45) is 0 Å². The molecule has 3 nitrogen and oxygen atoms in total. The lowest BCUT2D eigenvalue weighted by molar-refractivity contribution is 0.114. The lowest BCUT2D eigenvalue weighted by Crippen LogP contribution is -2.52. The van der Waals surface area contributed by atoms with E-state index in [-0.39, 0.29) is 5.37 Å². The van der Waals surface area contributed by atoms with Crippen molar-refractivity contribution in [2.75, 3.05) is 20.1 Å². The second kappa shape index (κ2) is 2.89. The molecule has 4 heteroatoms. The first kappa shape index (κ1) is 8.32. The number of likely N-dealkylation sites (tertiary alicyclic amines) is 1. The summed E-state index contributed by atoms with van der Waals surface area (Å²) in [6.07, 6.45) is 2.42. The van der Waals surface area contributed by atoms with E-state index in [9.17, 15) is 4.79 Å². The summed E-state index contributed by atoms with van der Waals surface area (Å²) in [4.78, 5) is 15.0. The molecule has 2 fully saturated rings. The molecule has 0 aromatic heterocycles. The second-order valence-corrected chi connectivity index (χ2v) is 4.03. The maximum atomic E-state index is 10.9. The van der Waals surface area contributed by atoms with Gasteiger partial charge in [0.2, 0.25) is 0 Å². The number of carbonyl (C=O) groups is 1.